The van der Waals surface area contributed by atoms with E-state index in [2.05, 4.69) is 15.6 Å². The first kappa shape index (κ1) is 15.8. The fourth-order valence-corrected chi connectivity index (χ4v) is 2.89. The Balaban J connectivity index is 1.75. The zero-order chi connectivity index (χ0) is 17.1. The van der Waals surface area contributed by atoms with Gasteiger partial charge in [-0.05, 0) is 36.4 Å². The van der Waals surface area contributed by atoms with Gasteiger partial charge in [-0.25, -0.2) is 4.98 Å². The van der Waals surface area contributed by atoms with Crippen molar-refractivity contribution in [1.82, 2.24) is 4.98 Å². The zero-order valence-electron chi connectivity index (χ0n) is 12.8. The smallest absolute Gasteiger partial charge is 0.221 e. The lowest BCUT2D eigenvalue weighted by atomic mass is 10.1. The van der Waals surface area contributed by atoms with Crippen molar-refractivity contribution in [3.8, 4) is 22.8 Å². The van der Waals surface area contributed by atoms with E-state index in [1.165, 1.54) is 30.4 Å². The molecule has 0 unspecified atom stereocenters. The van der Waals surface area contributed by atoms with Crippen LogP contribution in [0.4, 0.5) is 16.5 Å². The van der Waals surface area contributed by atoms with Crippen molar-refractivity contribution in [3.63, 3.8) is 0 Å². The SMILES string of the molecule is CC(=O)Nc1ccc(Nc2nc(-c3ccc(O)cc3O)cs2)cc1. The van der Waals surface area contributed by atoms with E-state index in [0.717, 1.165) is 11.4 Å². The van der Waals surface area contributed by atoms with Crippen molar-refractivity contribution in [2.24, 2.45) is 0 Å². The van der Waals surface area contributed by atoms with Gasteiger partial charge < -0.3 is 20.8 Å². The van der Waals surface area contributed by atoms with Crippen LogP contribution in [0.5, 0.6) is 11.5 Å². The molecule has 6 nitrogen and oxygen atoms in total. The molecule has 0 fully saturated rings. The van der Waals surface area contributed by atoms with Gasteiger partial charge in [-0.1, -0.05) is 0 Å². The minimum Gasteiger partial charge on any atom is -0.508 e. The van der Waals surface area contributed by atoms with Gasteiger partial charge in [0, 0.05) is 35.3 Å². The Morgan fingerprint density at radius 3 is 2.46 bits per heavy atom. The van der Waals surface area contributed by atoms with Gasteiger partial charge in [0.05, 0.1) is 5.69 Å². The number of rotatable bonds is 4. The second kappa shape index (κ2) is 6.59. The molecule has 0 saturated carbocycles. The predicted octanol–water partition coefficient (Wildman–Crippen LogP) is 3.92. The van der Waals surface area contributed by atoms with E-state index in [9.17, 15) is 15.0 Å². The number of phenolic OH excluding ortho intramolecular Hbond substituents is 2. The van der Waals surface area contributed by atoms with Crippen LogP contribution in [0.1, 0.15) is 6.92 Å². The van der Waals surface area contributed by atoms with E-state index in [0.29, 0.717) is 16.4 Å². The Hall–Kier alpha value is -3.06. The number of amides is 1. The van der Waals surface area contributed by atoms with E-state index in [1.54, 1.807) is 18.2 Å². The van der Waals surface area contributed by atoms with Crippen LogP contribution in [-0.2, 0) is 4.79 Å². The number of aromatic hydroxyl groups is 2. The van der Waals surface area contributed by atoms with Crippen LogP contribution in [0.15, 0.2) is 47.8 Å². The zero-order valence-corrected chi connectivity index (χ0v) is 13.6. The van der Waals surface area contributed by atoms with Gasteiger partial charge in [-0.3, -0.25) is 4.79 Å². The number of thiazole rings is 1. The Bertz CT molecular complexity index is 875. The van der Waals surface area contributed by atoms with Crippen LogP contribution in [0.2, 0.25) is 0 Å². The molecule has 1 aromatic heterocycles. The van der Waals surface area contributed by atoms with Gasteiger partial charge in [0.1, 0.15) is 11.5 Å². The average Bonchev–Trinajstić information content (AvgIpc) is 2.97. The number of nitrogens with one attached hydrogen (secondary N) is 2. The first-order chi connectivity index (χ1) is 11.5. The second-order valence-electron chi connectivity index (χ2n) is 5.12. The lowest BCUT2D eigenvalue weighted by Crippen LogP contribution is -2.05. The summed E-state index contributed by atoms with van der Waals surface area (Å²) in [4.78, 5) is 15.4. The third-order valence-electron chi connectivity index (χ3n) is 3.22. The Kier molecular flexibility index (Phi) is 4.35. The molecule has 1 heterocycles. The fourth-order valence-electron chi connectivity index (χ4n) is 2.16. The van der Waals surface area contributed by atoms with Crippen molar-refractivity contribution in [2.75, 3.05) is 10.6 Å². The largest absolute Gasteiger partial charge is 0.508 e. The lowest BCUT2D eigenvalue weighted by molar-refractivity contribution is -0.114. The first-order valence-electron chi connectivity index (χ1n) is 7.14. The van der Waals surface area contributed by atoms with Crippen LogP contribution in [-0.4, -0.2) is 21.1 Å². The van der Waals surface area contributed by atoms with E-state index >= 15 is 0 Å². The third-order valence-corrected chi connectivity index (χ3v) is 3.98. The Morgan fingerprint density at radius 1 is 1.08 bits per heavy atom. The van der Waals surface area contributed by atoms with Gasteiger partial charge in [0.25, 0.3) is 0 Å². The van der Waals surface area contributed by atoms with Crippen LogP contribution in [0.25, 0.3) is 11.3 Å². The quantitative estimate of drug-likeness (QED) is 0.577. The first-order valence-corrected chi connectivity index (χ1v) is 8.02. The van der Waals surface area contributed by atoms with Gasteiger partial charge in [0.15, 0.2) is 5.13 Å². The molecule has 3 aromatic rings. The predicted molar refractivity (Wildman–Crippen MR) is 94.9 cm³/mol. The van der Waals surface area contributed by atoms with Crippen LogP contribution in [0.3, 0.4) is 0 Å². The van der Waals surface area contributed by atoms with Crippen molar-refractivity contribution in [1.29, 1.82) is 0 Å². The maximum absolute atomic E-state index is 11.0. The summed E-state index contributed by atoms with van der Waals surface area (Å²) in [6.45, 7) is 1.46. The summed E-state index contributed by atoms with van der Waals surface area (Å²) < 4.78 is 0. The van der Waals surface area contributed by atoms with Crippen molar-refractivity contribution < 1.29 is 15.0 Å². The third kappa shape index (κ3) is 3.64. The van der Waals surface area contributed by atoms with Crippen LogP contribution < -0.4 is 10.6 Å². The molecule has 0 radical (unpaired) electrons. The molecule has 3 rings (SSSR count). The molecule has 0 bridgehead atoms. The summed E-state index contributed by atoms with van der Waals surface area (Å²) in [6, 6.07) is 11.7. The molecule has 0 saturated heterocycles. The summed E-state index contributed by atoms with van der Waals surface area (Å²) in [5.41, 5.74) is 2.73. The molecule has 122 valence electrons. The van der Waals surface area contributed by atoms with Gasteiger partial charge in [0.2, 0.25) is 5.91 Å². The molecular formula is C17H15N3O3S. The Morgan fingerprint density at radius 2 is 1.79 bits per heavy atom. The normalized spacial score (nSPS) is 10.4. The monoisotopic (exact) mass is 341 g/mol. The minimum atomic E-state index is -0.117. The van der Waals surface area contributed by atoms with E-state index in [4.69, 9.17) is 0 Å². The summed E-state index contributed by atoms with van der Waals surface area (Å²) in [5, 5.41) is 27.6. The highest BCUT2D eigenvalue weighted by Crippen LogP contribution is 2.34. The van der Waals surface area contributed by atoms with Crippen LogP contribution in [0, 0.1) is 0 Å². The molecule has 24 heavy (non-hydrogen) atoms. The van der Waals surface area contributed by atoms with E-state index in [-0.39, 0.29) is 17.4 Å². The number of carbonyl (C=O) groups is 1. The minimum absolute atomic E-state index is 0.00379. The molecule has 1 amide bonds. The van der Waals surface area contributed by atoms with Gasteiger partial charge >= 0.3 is 0 Å². The summed E-state index contributed by atoms with van der Waals surface area (Å²) >= 11 is 1.40. The van der Waals surface area contributed by atoms with Crippen molar-refractivity contribution in [3.05, 3.63) is 47.8 Å². The molecule has 0 atom stereocenters. The number of nitrogens with zero attached hydrogens (tertiary/aromatic N) is 1. The number of hydrogen-bond donors (Lipinski definition) is 4. The molecule has 2 aromatic carbocycles. The number of phenols is 2. The summed E-state index contributed by atoms with van der Waals surface area (Å²) in [6.07, 6.45) is 0. The number of anilines is 3. The van der Waals surface area contributed by atoms with E-state index < -0.39 is 0 Å². The maximum atomic E-state index is 11.0. The van der Waals surface area contributed by atoms with Gasteiger partial charge in [-0.2, -0.15) is 0 Å². The van der Waals surface area contributed by atoms with E-state index in [1.807, 2.05) is 17.5 Å². The number of carbonyl (C=O) groups excluding carboxylic acids is 1. The highest BCUT2D eigenvalue weighted by Gasteiger charge is 2.10. The Labute approximate surface area is 142 Å². The molecular weight excluding hydrogens is 326 g/mol. The molecule has 4 N–H and O–H groups in total. The standard InChI is InChI=1S/C17H15N3O3S/c1-10(21)18-11-2-4-12(5-3-11)19-17-20-15(9-24-17)14-7-6-13(22)8-16(14)23/h2-9,22-23H,1H3,(H,18,21)(H,19,20). The number of benzene rings is 2. The summed E-state index contributed by atoms with van der Waals surface area (Å²) in [7, 11) is 0. The number of hydrogen-bond acceptors (Lipinski definition) is 6. The van der Waals surface area contributed by atoms with Gasteiger partial charge in [-0.15, -0.1) is 11.3 Å². The average molecular weight is 341 g/mol. The highest BCUT2D eigenvalue weighted by molar-refractivity contribution is 7.14. The van der Waals surface area contributed by atoms with Crippen molar-refractivity contribution >= 4 is 33.8 Å². The molecule has 0 spiro atoms. The van der Waals surface area contributed by atoms with Crippen molar-refractivity contribution in [2.45, 2.75) is 6.92 Å². The molecule has 0 aliphatic heterocycles. The molecule has 0 aliphatic rings. The number of aromatic nitrogens is 1. The maximum Gasteiger partial charge on any atom is 0.221 e. The fraction of sp³-hybridized carbons (Fsp3) is 0.0588. The topological polar surface area (TPSA) is 94.5 Å². The second-order valence-corrected chi connectivity index (χ2v) is 5.98. The lowest BCUT2D eigenvalue weighted by Gasteiger charge is -2.05. The summed E-state index contributed by atoms with van der Waals surface area (Å²) in [5.74, 6) is -0.135. The van der Waals surface area contributed by atoms with Crippen LogP contribution >= 0.6 is 11.3 Å². The highest BCUT2D eigenvalue weighted by atomic mass is 32.1. The molecule has 7 heteroatoms. The molecule has 0 aliphatic carbocycles.